The lowest BCUT2D eigenvalue weighted by molar-refractivity contribution is 0.154. The van der Waals surface area contributed by atoms with Crippen LogP contribution in [0, 0.1) is 0 Å². The van der Waals surface area contributed by atoms with E-state index in [0.29, 0.717) is 37.7 Å². The molecule has 1 rings (SSSR count). The van der Waals surface area contributed by atoms with Gasteiger partial charge in [-0.05, 0) is 20.8 Å². The largest absolute Gasteiger partial charge is 0.464 e. The van der Waals surface area contributed by atoms with Crippen molar-refractivity contribution in [3.8, 4) is 6.01 Å². The average molecular weight is 269 g/mol. The fourth-order valence-electron chi connectivity index (χ4n) is 1.39. The van der Waals surface area contributed by atoms with Crippen LogP contribution >= 0.6 is 0 Å². The molecule has 0 unspecified atom stereocenters. The van der Waals surface area contributed by atoms with Crippen LogP contribution in [0.1, 0.15) is 20.8 Å². The van der Waals surface area contributed by atoms with Gasteiger partial charge in [0.15, 0.2) is 0 Å². The third-order valence-electron chi connectivity index (χ3n) is 2.33. The molecule has 0 bridgehead atoms. The number of ether oxygens (including phenoxy) is 2. The van der Waals surface area contributed by atoms with Crippen LogP contribution in [0.4, 0.5) is 11.9 Å². The van der Waals surface area contributed by atoms with Crippen molar-refractivity contribution in [1.82, 2.24) is 15.0 Å². The number of hydrogen-bond acceptors (Lipinski definition) is 7. The Bertz CT molecular complexity index is 351. The van der Waals surface area contributed by atoms with Crippen LogP contribution in [-0.2, 0) is 4.74 Å². The molecule has 0 aliphatic heterocycles. The highest BCUT2D eigenvalue weighted by atomic mass is 16.5. The van der Waals surface area contributed by atoms with E-state index in [4.69, 9.17) is 9.47 Å². The van der Waals surface area contributed by atoms with Gasteiger partial charge >= 0.3 is 6.01 Å². The molecule has 19 heavy (non-hydrogen) atoms. The fraction of sp³-hybridized carbons (Fsp3) is 0.750. The van der Waals surface area contributed by atoms with Crippen LogP contribution < -0.4 is 15.0 Å². The van der Waals surface area contributed by atoms with Gasteiger partial charge in [-0.3, -0.25) is 0 Å². The van der Waals surface area contributed by atoms with Gasteiger partial charge in [0.1, 0.15) is 0 Å². The lowest BCUT2D eigenvalue weighted by atomic mass is 10.6. The summed E-state index contributed by atoms with van der Waals surface area (Å²) in [6.07, 6.45) is 0. The molecule has 0 amide bonds. The number of anilines is 2. The van der Waals surface area contributed by atoms with Gasteiger partial charge in [-0.25, -0.2) is 0 Å². The van der Waals surface area contributed by atoms with Crippen molar-refractivity contribution >= 4 is 11.9 Å². The van der Waals surface area contributed by atoms with E-state index in [1.165, 1.54) is 0 Å². The van der Waals surface area contributed by atoms with Crippen LogP contribution in [0.25, 0.3) is 0 Å². The van der Waals surface area contributed by atoms with Gasteiger partial charge in [0.25, 0.3) is 0 Å². The second-order valence-corrected chi connectivity index (χ2v) is 3.82. The zero-order valence-corrected chi connectivity index (χ0v) is 12.1. The first kappa shape index (κ1) is 15.4. The Kier molecular flexibility index (Phi) is 6.88. The van der Waals surface area contributed by atoms with Crippen molar-refractivity contribution in [2.24, 2.45) is 0 Å². The molecular weight excluding hydrogens is 246 g/mol. The number of hydrogen-bond donors (Lipinski definition) is 1. The molecule has 0 aliphatic rings. The zero-order valence-electron chi connectivity index (χ0n) is 12.1. The normalized spacial score (nSPS) is 10.3. The standard InChI is InChI=1S/C12H23N5O2/c1-5-13-10-14-11(16-12(15-10)19-7-3)17(4)8-9-18-6-2/h5-9H2,1-4H3,(H,13,14,15,16). The molecule has 1 N–H and O–H groups in total. The zero-order chi connectivity index (χ0) is 14.1. The Morgan fingerprint density at radius 3 is 2.53 bits per heavy atom. The van der Waals surface area contributed by atoms with Gasteiger partial charge < -0.3 is 19.7 Å². The van der Waals surface area contributed by atoms with Crippen molar-refractivity contribution in [3.63, 3.8) is 0 Å². The van der Waals surface area contributed by atoms with Gasteiger partial charge in [0.2, 0.25) is 11.9 Å². The molecule has 7 heteroatoms. The highest BCUT2D eigenvalue weighted by Crippen LogP contribution is 2.13. The van der Waals surface area contributed by atoms with Crippen LogP contribution in [0.5, 0.6) is 6.01 Å². The Labute approximate surface area is 114 Å². The predicted octanol–water partition coefficient (Wildman–Crippen LogP) is 1.17. The van der Waals surface area contributed by atoms with Crippen LogP contribution in [-0.4, -0.2) is 54.9 Å². The maximum Gasteiger partial charge on any atom is 0.323 e. The maximum atomic E-state index is 5.35. The summed E-state index contributed by atoms with van der Waals surface area (Å²) in [4.78, 5) is 14.7. The van der Waals surface area contributed by atoms with E-state index in [2.05, 4.69) is 20.3 Å². The summed E-state index contributed by atoms with van der Waals surface area (Å²) in [6, 6.07) is 0.340. The number of rotatable bonds is 9. The summed E-state index contributed by atoms with van der Waals surface area (Å²) in [6.45, 7) is 9.19. The Morgan fingerprint density at radius 2 is 1.89 bits per heavy atom. The second-order valence-electron chi connectivity index (χ2n) is 3.82. The molecule has 1 aromatic rings. The van der Waals surface area contributed by atoms with Crippen molar-refractivity contribution in [1.29, 1.82) is 0 Å². The number of aromatic nitrogens is 3. The third-order valence-corrected chi connectivity index (χ3v) is 2.33. The van der Waals surface area contributed by atoms with Gasteiger partial charge in [0.05, 0.1) is 13.2 Å². The first-order valence-corrected chi connectivity index (χ1v) is 6.62. The monoisotopic (exact) mass is 269 g/mol. The molecule has 7 nitrogen and oxygen atoms in total. The molecule has 0 spiro atoms. The Morgan fingerprint density at radius 1 is 1.11 bits per heavy atom. The first-order valence-electron chi connectivity index (χ1n) is 6.62. The van der Waals surface area contributed by atoms with E-state index in [1.807, 2.05) is 32.7 Å². The molecular formula is C12H23N5O2. The Hall–Kier alpha value is -1.63. The molecule has 0 atom stereocenters. The van der Waals surface area contributed by atoms with Crippen LogP contribution in [0.2, 0.25) is 0 Å². The summed E-state index contributed by atoms with van der Waals surface area (Å²) < 4.78 is 10.7. The third kappa shape index (κ3) is 5.25. The van der Waals surface area contributed by atoms with E-state index in [-0.39, 0.29) is 0 Å². The molecule has 0 saturated carbocycles. The van der Waals surface area contributed by atoms with Gasteiger partial charge in [-0.15, -0.1) is 0 Å². The second kappa shape index (κ2) is 8.47. The van der Waals surface area contributed by atoms with Crippen LogP contribution in [0.3, 0.4) is 0 Å². The lowest BCUT2D eigenvalue weighted by Gasteiger charge is -2.17. The van der Waals surface area contributed by atoms with E-state index >= 15 is 0 Å². The molecule has 0 saturated heterocycles. The summed E-state index contributed by atoms with van der Waals surface area (Å²) in [7, 11) is 1.92. The fourth-order valence-corrected chi connectivity index (χ4v) is 1.39. The highest BCUT2D eigenvalue weighted by Gasteiger charge is 2.10. The average Bonchev–Trinajstić information content (AvgIpc) is 2.39. The minimum Gasteiger partial charge on any atom is -0.464 e. The van der Waals surface area contributed by atoms with Gasteiger partial charge in [-0.2, -0.15) is 15.0 Å². The van der Waals surface area contributed by atoms with E-state index in [1.54, 1.807) is 0 Å². The molecule has 0 fully saturated rings. The molecule has 0 aromatic carbocycles. The van der Waals surface area contributed by atoms with E-state index in [9.17, 15) is 0 Å². The van der Waals surface area contributed by atoms with Crippen molar-refractivity contribution < 1.29 is 9.47 Å². The molecule has 0 radical (unpaired) electrons. The molecule has 0 aliphatic carbocycles. The van der Waals surface area contributed by atoms with Crippen molar-refractivity contribution in [2.75, 3.05) is 50.2 Å². The summed E-state index contributed by atoms with van der Waals surface area (Å²) in [5.41, 5.74) is 0. The molecule has 1 aromatic heterocycles. The van der Waals surface area contributed by atoms with E-state index < -0.39 is 0 Å². The minimum absolute atomic E-state index is 0.340. The molecule has 108 valence electrons. The number of likely N-dealkylation sites (N-methyl/N-ethyl adjacent to an activating group) is 1. The lowest BCUT2D eigenvalue weighted by Crippen LogP contribution is -2.25. The molecule has 1 heterocycles. The van der Waals surface area contributed by atoms with E-state index in [0.717, 1.165) is 13.1 Å². The summed E-state index contributed by atoms with van der Waals surface area (Å²) in [5.74, 6) is 1.10. The van der Waals surface area contributed by atoms with Gasteiger partial charge in [0, 0.05) is 26.7 Å². The topological polar surface area (TPSA) is 72.4 Å². The smallest absolute Gasteiger partial charge is 0.323 e. The van der Waals surface area contributed by atoms with Crippen LogP contribution in [0.15, 0.2) is 0 Å². The van der Waals surface area contributed by atoms with Crippen molar-refractivity contribution in [3.05, 3.63) is 0 Å². The number of nitrogens with one attached hydrogen (secondary N) is 1. The maximum absolute atomic E-state index is 5.35. The summed E-state index contributed by atoms with van der Waals surface area (Å²) in [5, 5.41) is 3.07. The van der Waals surface area contributed by atoms with Gasteiger partial charge in [-0.1, -0.05) is 0 Å². The highest BCUT2D eigenvalue weighted by molar-refractivity contribution is 5.37. The summed E-state index contributed by atoms with van der Waals surface area (Å²) >= 11 is 0. The quantitative estimate of drug-likeness (QED) is 0.675. The Balaban J connectivity index is 2.78. The minimum atomic E-state index is 0.340. The van der Waals surface area contributed by atoms with Crippen molar-refractivity contribution in [2.45, 2.75) is 20.8 Å². The number of nitrogens with zero attached hydrogens (tertiary/aromatic N) is 4. The first-order chi connectivity index (χ1) is 9.21. The predicted molar refractivity (Wildman–Crippen MR) is 74.9 cm³/mol. The SMILES string of the molecule is CCNc1nc(OCC)nc(N(C)CCOCC)n1.